The first-order valence-electron chi connectivity index (χ1n) is 11.7. The molecule has 2 aromatic heterocycles. The van der Waals surface area contributed by atoms with Crippen LogP contribution < -0.4 is 10.0 Å². The molecule has 0 bridgehead atoms. The van der Waals surface area contributed by atoms with Gasteiger partial charge >= 0.3 is 0 Å². The number of primary sulfonamides is 1. The molecule has 0 unspecified atom stereocenters. The number of halogens is 2. The predicted octanol–water partition coefficient (Wildman–Crippen LogP) is 1.56. The van der Waals surface area contributed by atoms with Crippen molar-refractivity contribution in [3.05, 3.63) is 22.8 Å². The van der Waals surface area contributed by atoms with Gasteiger partial charge in [-0.25, -0.2) is 27.0 Å². The van der Waals surface area contributed by atoms with Crippen molar-refractivity contribution >= 4 is 43.9 Å². The highest BCUT2D eigenvalue weighted by atomic mass is 32.2. The van der Waals surface area contributed by atoms with Crippen LogP contribution in [-0.2, 0) is 25.0 Å². The van der Waals surface area contributed by atoms with Crippen molar-refractivity contribution in [3.63, 3.8) is 0 Å². The summed E-state index contributed by atoms with van der Waals surface area (Å²) in [6.07, 6.45) is -2.85. The van der Waals surface area contributed by atoms with Crippen molar-refractivity contribution < 1.29 is 26.7 Å². The van der Waals surface area contributed by atoms with Gasteiger partial charge < -0.3 is 14.5 Å². The number of sulfonamides is 1. The van der Waals surface area contributed by atoms with E-state index in [-0.39, 0.29) is 40.6 Å². The average Bonchev–Trinajstić information content (AvgIpc) is 3.48. The van der Waals surface area contributed by atoms with Gasteiger partial charge in [0.15, 0.2) is 5.01 Å². The molecule has 202 valence electrons. The van der Waals surface area contributed by atoms with Gasteiger partial charge in [-0.2, -0.15) is 10.4 Å². The first kappa shape index (κ1) is 26.4. The lowest BCUT2D eigenvalue weighted by Gasteiger charge is -2.38. The number of anilines is 1. The van der Waals surface area contributed by atoms with E-state index in [2.05, 4.69) is 21.4 Å². The minimum Gasteiger partial charge on any atom is -0.377 e. The van der Waals surface area contributed by atoms with Crippen molar-refractivity contribution in [1.29, 1.82) is 5.26 Å². The minimum atomic E-state index is -4.20. The minimum absolute atomic E-state index is 0.0164. The summed E-state index contributed by atoms with van der Waals surface area (Å²) in [5.41, 5.74) is -0.149. The Morgan fingerprint density at radius 3 is 2.39 bits per heavy atom. The van der Waals surface area contributed by atoms with E-state index in [9.17, 15) is 27.3 Å². The molecule has 2 aliphatic heterocycles. The fourth-order valence-corrected chi connectivity index (χ4v) is 5.81. The van der Waals surface area contributed by atoms with E-state index >= 15 is 0 Å². The van der Waals surface area contributed by atoms with Crippen LogP contribution in [0.3, 0.4) is 0 Å². The SMILES string of the molecule is CC(C)C(=O)N1CCN(c2cc(S(N)(=O)=O)cc3c2c(C2(C#N)COC2)nn3-c2nnc(C(F)F)s2)CC1. The Morgan fingerprint density at radius 1 is 1.21 bits per heavy atom. The molecule has 0 spiro atoms. The number of fused-ring (bicyclic) bond motifs is 1. The highest BCUT2D eigenvalue weighted by Crippen LogP contribution is 2.42. The standard InChI is InChI=1S/C22H24F2N8O4S2/c1-12(2)20(33)31-5-3-30(4-6-31)14-7-13(38(26,34)35)8-15-16(14)17(22(9-25)10-36-11-22)29-32(15)21-28-27-19(37-21)18(23)24/h7-8,12,18H,3-6,10-11H2,1-2H3,(H2,26,34,35). The molecular weight excluding hydrogens is 542 g/mol. The molecular formula is C22H24F2N8O4S2. The summed E-state index contributed by atoms with van der Waals surface area (Å²) in [6.45, 7) is 5.34. The zero-order chi connectivity index (χ0) is 27.4. The zero-order valence-corrected chi connectivity index (χ0v) is 22.1. The number of hydrogen-bond acceptors (Lipinski definition) is 10. The van der Waals surface area contributed by atoms with Crippen molar-refractivity contribution in [3.8, 4) is 11.2 Å². The second-order valence-electron chi connectivity index (χ2n) is 9.52. The Morgan fingerprint density at radius 2 is 1.89 bits per heavy atom. The first-order chi connectivity index (χ1) is 17.9. The topological polar surface area (TPSA) is 160 Å². The second-order valence-corrected chi connectivity index (χ2v) is 12.1. The first-order valence-corrected chi connectivity index (χ1v) is 14.1. The monoisotopic (exact) mass is 566 g/mol. The van der Waals surface area contributed by atoms with Crippen molar-refractivity contribution in [2.45, 2.75) is 30.6 Å². The summed E-state index contributed by atoms with van der Waals surface area (Å²) in [7, 11) is -4.20. The van der Waals surface area contributed by atoms with Gasteiger partial charge in [0.2, 0.25) is 21.1 Å². The molecule has 0 saturated carbocycles. The van der Waals surface area contributed by atoms with Gasteiger partial charge in [-0.3, -0.25) is 4.79 Å². The third-order valence-electron chi connectivity index (χ3n) is 6.65. The lowest BCUT2D eigenvalue weighted by molar-refractivity contribution is -0.134. The number of carbonyl (C=O) groups is 1. The number of aromatic nitrogens is 4. The van der Waals surface area contributed by atoms with Crippen molar-refractivity contribution in [1.82, 2.24) is 24.9 Å². The molecule has 4 heterocycles. The van der Waals surface area contributed by atoms with E-state index in [1.54, 1.807) is 4.90 Å². The van der Waals surface area contributed by atoms with Crippen LogP contribution in [0.15, 0.2) is 17.0 Å². The predicted molar refractivity (Wildman–Crippen MR) is 133 cm³/mol. The Bertz CT molecular complexity index is 1550. The smallest absolute Gasteiger partial charge is 0.291 e. The van der Waals surface area contributed by atoms with Crippen LogP contribution in [0.25, 0.3) is 16.0 Å². The fourth-order valence-electron chi connectivity index (χ4n) is 4.59. The van der Waals surface area contributed by atoms with Crippen LogP contribution in [-0.4, -0.2) is 78.6 Å². The number of nitrogens with two attached hydrogens (primary N) is 1. The number of ether oxygens (including phenoxy) is 1. The maximum Gasteiger partial charge on any atom is 0.291 e. The van der Waals surface area contributed by atoms with Crippen molar-refractivity contribution in [2.24, 2.45) is 11.1 Å². The lowest BCUT2D eigenvalue weighted by atomic mass is 9.82. The van der Waals surface area contributed by atoms with Crippen LogP contribution in [0.1, 0.15) is 31.0 Å². The Hall–Kier alpha value is -3.26. The molecule has 2 N–H and O–H groups in total. The van der Waals surface area contributed by atoms with Crippen LogP contribution in [0.5, 0.6) is 0 Å². The molecule has 38 heavy (non-hydrogen) atoms. The second kappa shape index (κ2) is 9.49. The molecule has 1 amide bonds. The summed E-state index contributed by atoms with van der Waals surface area (Å²) in [4.78, 5) is 15.9. The fraction of sp³-hybridized carbons (Fsp3) is 0.500. The molecule has 2 fully saturated rings. The third-order valence-corrected chi connectivity index (χ3v) is 8.45. The summed E-state index contributed by atoms with van der Waals surface area (Å²) < 4.78 is 58.1. The molecule has 0 radical (unpaired) electrons. The molecule has 2 aliphatic rings. The number of piperazine rings is 1. The van der Waals surface area contributed by atoms with Gasteiger partial charge in [0.1, 0.15) is 5.41 Å². The van der Waals surface area contributed by atoms with Gasteiger partial charge in [-0.15, -0.1) is 10.2 Å². The molecule has 2 saturated heterocycles. The van der Waals surface area contributed by atoms with E-state index in [4.69, 9.17) is 9.88 Å². The summed E-state index contributed by atoms with van der Waals surface area (Å²) in [6, 6.07) is 4.96. The number of carbonyl (C=O) groups excluding carboxylic acids is 1. The molecule has 5 rings (SSSR count). The number of benzene rings is 1. The Balaban J connectivity index is 1.72. The van der Waals surface area contributed by atoms with Crippen molar-refractivity contribution in [2.75, 3.05) is 44.3 Å². The third kappa shape index (κ3) is 4.38. The van der Waals surface area contributed by atoms with Crippen LogP contribution in [0, 0.1) is 17.2 Å². The summed E-state index contributed by atoms with van der Waals surface area (Å²) >= 11 is 0.603. The van der Waals surface area contributed by atoms with Gasteiger partial charge in [0.25, 0.3) is 6.43 Å². The molecule has 3 aromatic rings. The van der Waals surface area contributed by atoms with E-state index in [1.807, 2.05) is 18.7 Å². The largest absolute Gasteiger partial charge is 0.377 e. The molecule has 16 heteroatoms. The number of nitriles is 1. The summed E-state index contributed by atoms with van der Waals surface area (Å²) in [5, 5.41) is 27.4. The van der Waals surface area contributed by atoms with Gasteiger partial charge in [0, 0.05) is 43.2 Å². The molecule has 12 nitrogen and oxygen atoms in total. The van der Waals surface area contributed by atoms with Crippen LogP contribution in [0.4, 0.5) is 14.5 Å². The normalized spacial score (nSPS) is 17.7. The molecule has 0 atom stereocenters. The van der Waals surface area contributed by atoms with Gasteiger partial charge in [-0.05, 0) is 12.1 Å². The van der Waals surface area contributed by atoms with E-state index < -0.39 is 26.9 Å². The Labute approximate surface area is 220 Å². The van der Waals surface area contributed by atoms with Crippen LogP contribution in [0.2, 0.25) is 0 Å². The number of alkyl halides is 2. The highest BCUT2D eigenvalue weighted by Gasteiger charge is 2.46. The maximum absolute atomic E-state index is 13.3. The highest BCUT2D eigenvalue weighted by molar-refractivity contribution is 7.89. The Kier molecular flexibility index (Phi) is 6.58. The lowest BCUT2D eigenvalue weighted by Crippen LogP contribution is -2.50. The average molecular weight is 567 g/mol. The van der Waals surface area contributed by atoms with Crippen LogP contribution >= 0.6 is 11.3 Å². The number of amides is 1. The van der Waals surface area contributed by atoms with E-state index in [0.717, 1.165) is 0 Å². The van der Waals surface area contributed by atoms with E-state index in [0.29, 0.717) is 54.3 Å². The zero-order valence-electron chi connectivity index (χ0n) is 20.5. The number of hydrogen-bond donors (Lipinski definition) is 1. The summed E-state index contributed by atoms with van der Waals surface area (Å²) in [5.74, 6) is -0.148. The van der Waals surface area contributed by atoms with Gasteiger partial charge in [0.05, 0.1) is 35.4 Å². The maximum atomic E-state index is 13.3. The molecule has 1 aromatic carbocycles. The quantitative estimate of drug-likeness (QED) is 0.467. The van der Waals surface area contributed by atoms with E-state index in [1.165, 1.54) is 16.8 Å². The number of rotatable bonds is 6. The molecule has 0 aliphatic carbocycles. The van der Waals surface area contributed by atoms with Gasteiger partial charge in [-0.1, -0.05) is 25.2 Å². The number of nitrogens with zero attached hydrogens (tertiary/aromatic N) is 7.